The molecule has 20 heavy (non-hydrogen) atoms. The smallest absolute Gasteiger partial charge is 0.344 e. The van der Waals surface area contributed by atoms with Crippen molar-refractivity contribution >= 4 is 23.5 Å². The molecule has 0 unspecified atom stereocenters. The molecule has 0 saturated heterocycles. The average Bonchev–Trinajstić information content (AvgIpc) is 2.76. The minimum absolute atomic E-state index is 0.00282. The fourth-order valence-corrected chi connectivity index (χ4v) is 2.07. The predicted octanol–water partition coefficient (Wildman–Crippen LogP) is 3.26. The standard InChI is InChI=1S/C15H9NO4/c17-15-13-7-2-1-6-12(13)14(20-15)9-10-4-3-5-11(8-10)16(18)19/h1-9H/b14-9-. The van der Waals surface area contributed by atoms with Gasteiger partial charge in [-0.25, -0.2) is 4.79 Å². The molecule has 1 aliphatic rings. The van der Waals surface area contributed by atoms with Crippen LogP contribution in [-0.4, -0.2) is 10.9 Å². The van der Waals surface area contributed by atoms with Crippen LogP contribution in [-0.2, 0) is 4.74 Å². The van der Waals surface area contributed by atoms with Crippen LogP contribution in [0.4, 0.5) is 5.69 Å². The molecule has 0 aromatic heterocycles. The molecule has 98 valence electrons. The van der Waals surface area contributed by atoms with Gasteiger partial charge in [-0.1, -0.05) is 30.3 Å². The summed E-state index contributed by atoms with van der Waals surface area (Å²) in [4.78, 5) is 21.9. The van der Waals surface area contributed by atoms with Gasteiger partial charge in [0.2, 0.25) is 0 Å². The van der Waals surface area contributed by atoms with Crippen molar-refractivity contribution in [3.05, 3.63) is 75.3 Å². The number of carbonyl (C=O) groups excluding carboxylic acids is 1. The molecule has 3 rings (SSSR count). The summed E-state index contributed by atoms with van der Waals surface area (Å²) in [6.45, 7) is 0. The number of nitrogens with zero attached hydrogens (tertiary/aromatic N) is 1. The van der Waals surface area contributed by atoms with Crippen molar-refractivity contribution in [1.82, 2.24) is 0 Å². The molecule has 0 radical (unpaired) electrons. The minimum Gasteiger partial charge on any atom is -0.422 e. The third-order valence-corrected chi connectivity index (χ3v) is 2.99. The molecule has 5 heteroatoms. The van der Waals surface area contributed by atoms with Crippen molar-refractivity contribution in [2.24, 2.45) is 0 Å². The van der Waals surface area contributed by atoms with E-state index in [1.807, 2.05) is 6.07 Å². The SMILES string of the molecule is O=C1O/C(=C\c2cccc([N+](=O)[O-])c2)c2ccccc21. The van der Waals surface area contributed by atoms with E-state index >= 15 is 0 Å². The molecule has 2 aromatic carbocycles. The predicted molar refractivity (Wildman–Crippen MR) is 72.8 cm³/mol. The first-order valence-electron chi connectivity index (χ1n) is 5.93. The maximum absolute atomic E-state index is 11.7. The van der Waals surface area contributed by atoms with Gasteiger partial charge >= 0.3 is 5.97 Å². The number of carbonyl (C=O) groups is 1. The maximum atomic E-state index is 11.7. The number of ether oxygens (including phenoxy) is 1. The Morgan fingerprint density at radius 3 is 2.55 bits per heavy atom. The number of benzene rings is 2. The van der Waals surface area contributed by atoms with Crippen LogP contribution in [0.3, 0.4) is 0 Å². The van der Waals surface area contributed by atoms with Crippen molar-refractivity contribution < 1.29 is 14.5 Å². The van der Waals surface area contributed by atoms with Crippen molar-refractivity contribution in [1.29, 1.82) is 0 Å². The van der Waals surface area contributed by atoms with E-state index in [4.69, 9.17) is 4.74 Å². The van der Waals surface area contributed by atoms with Crippen LogP contribution in [0.5, 0.6) is 0 Å². The van der Waals surface area contributed by atoms with E-state index in [1.54, 1.807) is 36.4 Å². The second kappa shape index (κ2) is 4.62. The largest absolute Gasteiger partial charge is 0.422 e. The number of nitro benzene ring substituents is 1. The number of rotatable bonds is 2. The van der Waals surface area contributed by atoms with Crippen LogP contribution in [0.2, 0.25) is 0 Å². The van der Waals surface area contributed by atoms with E-state index in [-0.39, 0.29) is 5.69 Å². The van der Waals surface area contributed by atoms with Gasteiger partial charge in [0.15, 0.2) is 0 Å². The summed E-state index contributed by atoms with van der Waals surface area (Å²) in [5.74, 6) is 0.00313. The maximum Gasteiger partial charge on any atom is 0.344 e. The van der Waals surface area contributed by atoms with E-state index < -0.39 is 10.9 Å². The zero-order chi connectivity index (χ0) is 14.1. The van der Waals surface area contributed by atoms with E-state index in [0.717, 1.165) is 0 Å². The lowest BCUT2D eigenvalue weighted by atomic mass is 10.1. The summed E-state index contributed by atoms with van der Waals surface area (Å²) in [7, 11) is 0. The Morgan fingerprint density at radius 1 is 1.05 bits per heavy atom. The van der Waals surface area contributed by atoms with Gasteiger partial charge in [-0.2, -0.15) is 0 Å². The number of hydrogen-bond donors (Lipinski definition) is 0. The molecule has 0 atom stereocenters. The van der Waals surface area contributed by atoms with Crippen molar-refractivity contribution in [3.8, 4) is 0 Å². The molecule has 0 amide bonds. The Morgan fingerprint density at radius 2 is 1.80 bits per heavy atom. The number of fused-ring (bicyclic) bond motifs is 1. The van der Waals surface area contributed by atoms with E-state index in [0.29, 0.717) is 22.4 Å². The fraction of sp³-hybridized carbons (Fsp3) is 0. The first kappa shape index (κ1) is 12.1. The summed E-state index contributed by atoms with van der Waals surface area (Å²) >= 11 is 0. The molecule has 0 bridgehead atoms. The van der Waals surface area contributed by atoms with Crippen LogP contribution < -0.4 is 0 Å². The van der Waals surface area contributed by atoms with Gasteiger partial charge in [-0.15, -0.1) is 0 Å². The van der Waals surface area contributed by atoms with Crippen molar-refractivity contribution in [2.45, 2.75) is 0 Å². The summed E-state index contributed by atoms with van der Waals surface area (Å²) in [5.41, 5.74) is 1.81. The molecule has 0 aliphatic carbocycles. The topological polar surface area (TPSA) is 69.4 Å². The Bertz CT molecular complexity index is 749. The third kappa shape index (κ3) is 2.05. The molecular weight excluding hydrogens is 258 g/mol. The molecule has 1 aliphatic heterocycles. The number of hydrogen-bond acceptors (Lipinski definition) is 4. The van der Waals surface area contributed by atoms with E-state index in [1.165, 1.54) is 12.1 Å². The number of nitro groups is 1. The Kier molecular flexibility index (Phi) is 2.80. The molecule has 0 saturated carbocycles. The first-order chi connectivity index (χ1) is 9.65. The first-order valence-corrected chi connectivity index (χ1v) is 5.93. The van der Waals surface area contributed by atoms with Crippen LogP contribution >= 0.6 is 0 Å². The second-order valence-electron chi connectivity index (χ2n) is 4.30. The van der Waals surface area contributed by atoms with E-state index in [2.05, 4.69) is 0 Å². The molecule has 5 nitrogen and oxygen atoms in total. The highest BCUT2D eigenvalue weighted by atomic mass is 16.6. The lowest BCUT2D eigenvalue weighted by molar-refractivity contribution is -0.384. The number of esters is 1. The summed E-state index contributed by atoms with van der Waals surface area (Å²) in [6.07, 6.45) is 1.62. The van der Waals surface area contributed by atoms with E-state index in [9.17, 15) is 14.9 Å². The van der Waals surface area contributed by atoms with Gasteiger partial charge in [-0.3, -0.25) is 10.1 Å². The number of cyclic esters (lactones) is 1. The minimum atomic E-state index is -0.462. The zero-order valence-corrected chi connectivity index (χ0v) is 10.3. The molecule has 2 aromatic rings. The van der Waals surface area contributed by atoms with Gasteiger partial charge in [0.05, 0.1) is 10.5 Å². The summed E-state index contributed by atoms with van der Waals surface area (Å²) < 4.78 is 5.19. The van der Waals surface area contributed by atoms with Gasteiger partial charge in [0, 0.05) is 17.7 Å². The van der Waals surface area contributed by atoms with Crippen LogP contribution in [0, 0.1) is 10.1 Å². The van der Waals surface area contributed by atoms with Gasteiger partial charge in [0.1, 0.15) is 5.76 Å². The molecule has 0 fully saturated rings. The normalized spacial score (nSPS) is 15.0. The molecule has 1 heterocycles. The van der Waals surface area contributed by atoms with Gasteiger partial charge < -0.3 is 4.74 Å². The monoisotopic (exact) mass is 267 g/mol. The zero-order valence-electron chi connectivity index (χ0n) is 10.3. The lowest BCUT2D eigenvalue weighted by Crippen LogP contribution is -1.92. The highest BCUT2D eigenvalue weighted by molar-refractivity contribution is 6.05. The van der Waals surface area contributed by atoms with Gasteiger partial charge in [0.25, 0.3) is 5.69 Å². The highest BCUT2D eigenvalue weighted by Crippen LogP contribution is 2.31. The van der Waals surface area contributed by atoms with Crippen LogP contribution in [0.15, 0.2) is 48.5 Å². The quantitative estimate of drug-likeness (QED) is 0.475. The lowest BCUT2D eigenvalue weighted by Gasteiger charge is -1.99. The van der Waals surface area contributed by atoms with Crippen LogP contribution in [0.1, 0.15) is 21.5 Å². The van der Waals surface area contributed by atoms with Crippen molar-refractivity contribution in [2.75, 3.05) is 0 Å². The summed E-state index contributed by atoms with van der Waals surface area (Å²) in [6, 6.07) is 13.2. The fourth-order valence-electron chi connectivity index (χ4n) is 2.07. The van der Waals surface area contributed by atoms with Crippen LogP contribution in [0.25, 0.3) is 11.8 Å². The summed E-state index contributed by atoms with van der Waals surface area (Å²) in [5, 5.41) is 10.7. The molecule has 0 spiro atoms. The molecule has 0 N–H and O–H groups in total. The van der Waals surface area contributed by atoms with Crippen molar-refractivity contribution in [3.63, 3.8) is 0 Å². The third-order valence-electron chi connectivity index (χ3n) is 2.99. The highest BCUT2D eigenvalue weighted by Gasteiger charge is 2.25. The molecular formula is C15H9NO4. The second-order valence-corrected chi connectivity index (χ2v) is 4.30. The van der Waals surface area contributed by atoms with Gasteiger partial charge in [-0.05, 0) is 17.7 Å². The number of non-ortho nitro benzene ring substituents is 1. The average molecular weight is 267 g/mol. The Hall–Kier alpha value is -2.95. The Balaban J connectivity index is 2.04. The Labute approximate surface area is 114 Å².